The van der Waals surface area contributed by atoms with Gasteiger partial charge in [-0.25, -0.2) is 0 Å². The topological polar surface area (TPSA) is 18.5 Å². The van der Waals surface area contributed by atoms with E-state index in [2.05, 4.69) is 0 Å². The molecule has 1 atom stereocenters. The molecule has 0 aliphatic heterocycles. The van der Waals surface area contributed by atoms with E-state index in [-0.39, 0.29) is 12.7 Å². The Morgan fingerprint density at radius 3 is 2.55 bits per heavy atom. The summed E-state index contributed by atoms with van der Waals surface area (Å²) in [6.07, 6.45) is -3.20. The molecule has 0 radical (unpaired) electrons. The average molecular weight is 309 g/mol. The number of rotatable bonds is 7. The molecule has 1 unspecified atom stereocenters. The van der Waals surface area contributed by atoms with Crippen LogP contribution in [0.4, 0.5) is 13.2 Å². The van der Waals surface area contributed by atoms with Crippen LogP contribution in [0.2, 0.25) is 0 Å². The molecule has 0 fully saturated rings. The van der Waals surface area contributed by atoms with E-state index in [1.165, 1.54) is 0 Å². The molecular weight excluding hydrogens is 293 g/mol. The normalized spacial score (nSPS) is 14.2. The molecule has 0 aliphatic carbocycles. The molecule has 0 bridgehead atoms. The average Bonchev–Trinajstić information content (AvgIpc) is 2.38. The number of benzene rings is 1. The summed E-state index contributed by atoms with van der Waals surface area (Å²) < 4.78 is 46.8. The molecule has 1 aromatic rings. The fourth-order valence-electron chi connectivity index (χ4n) is 1.37. The highest BCUT2D eigenvalue weighted by Gasteiger charge is 2.31. The van der Waals surface area contributed by atoms with Gasteiger partial charge in [0.1, 0.15) is 10.8 Å². The second kappa shape index (κ2) is 8.17. The second-order valence-corrected chi connectivity index (χ2v) is 4.56. The minimum atomic E-state index is -4.51. The van der Waals surface area contributed by atoms with Crippen molar-refractivity contribution in [2.45, 2.75) is 25.6 Å². The van der Waals surface area contributed by atoms with Gasteiger partial charge in [-0.2, -0.15) is 13.2 Å². The molecule has 0 spiro atoms. The molecular formula is C14H16ClF3O2. The van der Waals surface area contributed by atoms with E-state index in [1.54, 1.807) is 0 Å². The molecule has 0 N–H and O–H groups in total. The predicted octanol–water partition coefficient (Wildman–Crippen LogP) is 4.55. The number of hydrogen-bond donors (Lipinski definition) is 0. The van der Waals surface area contributed by atoms with Crippen molar-refractivity contribution in [1.29, 1.82) is 0 Å². The van der Waals surface area contributed by atoms with E-state index in [1.807, 2.05) is 37.3 Å². The Kier molecular flexibility index (Phi) is 6.88. The molecule has 112 valence electrons. The maximum Gasteiger partial charge on any atom is 0.426 e. The zero-order chi connectivity index (χ0) is 15.0. The number of para-hydroxylation sites is 1. The number of halogens is 4. The Labute approximate surface area is 121 Å². The maximum atomic E-state index is 12.1. The van der Waals surface area contributed by atoms with Crippen molar-refractivity contribution in [3.05, 3.63) is 41.4 Å². The Bertz CT molecular complexity index is 418. The summed E-state index contributed by atoms with van der Waals surface area (Å²) in [4.78, 5) is 0. The molecule has 0 aromatic heterocycles. The van der Waals surface area contributed by atoms with Gasteiger partial charge in [0, 0.05) is 6.42 Å². The number of allylic oxidation sites excluding steroid dienone is 1. The van der Waals surface area contributed by atoms with E-state index in [9.17, 15) is 13.2 Å². The summed E-state index contributed by atoms with van der Waals surface area (Å²) in [5.74, 6) is 0.750. The smallest absolute Gasteiger partial charge is 0.426 e. The van der Waals surface area contributed by atoms with Crippen LogP contribution in [0.25, 0.3) is 0 Å². The largest absolute Gasteiger partial charge is 0.491 e. The summed E-state index contributed by atoms with van der Waals surface area (Å²) in [5.41, 5.74) is 0. The molecule has 0 saturated carbocycles. The van der Waals surface area contributed by atoms with Crippen LogP contribution in [0.1, 0.15) is 13.3 Å². The lowest BCUT2D eigenvalue weighted by molar-refractivity contribution is -0.0851. The van der Waals surface area contributed by atoms with Gasteiger partial charge < -0.3 is 9.47 Å². The molecule has 0 aliphatic rings. The van der Waals surface area contributed by atoms with Crippen LogP contribution in [0.15, 0.2) is 41.4 Å². The third-order valence-corrected chi connectivity index (χ3v) is 2.77. The fraction of sp³-hybridized carbons (Fsp3) is 0.429. The summed E-state index contributed by atoms with van der Waals surface area (Å²) in [6, 6.07) is 9.29. The van der Waals surface area contributed by atoms with Gasteiger partial charge in [0.15, 0.2) is 0 Å². The Morgan fingerprint density at radius 1 is 1.30 bits per heavy atom. The summed E-state index contributed by atoms with van der Waals surface area (Å²) >= 11 is 5.04. The van der Waals surface area contributed by atoms with Crippen molar-refractivity contribution in [1.82, 2.24) is 0 Å². The Morgan fingerprint density at radius 2 is 1.95 bits per heavy atom. The van der Waals surface area contributed by atoms with E-state index in [0.717, 1.165) is 11.8 Å². The lowest BCUT2D eigenvalue weighted by atomic mass is 10.3. The van der Waals surface area contributed by atoms with Gasteiger partial charge in [-0.05, 0) is 25.1 Å². The maximum absolute atomic E-state index is 12.1. The first-order valence-electron chi connectivity index (χ1n) is 6.12. The first-order chi connectivity index (χ1) is 9.39. The minimum absolute atomic E-state index is 0.0838. The highest BCUT2D eigenvalue weighted by molar-refractivity contribution is 6.30. The third kappa shape index (κ3) is 6.82. The van der Waals surface area contributed by atoms with E-state index < -0.39 is 11.2 Å². The highest BCUT2D eigenvalue weighted by atomic mass is 35.5. The minimum Gasteiger partial charge on any atom is -0.491 e. The van der Waals surface area contributed by atoms with Crippen LogP contribution in [0, 0.1) is 0 Å². The zero-order valence-electron chi connectivity index (χ0n) is 11.0. The van der Waals surface area contributed by atoms with E-state index >= 15 is 0 Å². The van der Waals surface area contributed by atoms with Crippen LogP contribution < -0.4 is 4.74 Å². The Balaban J connectivity index is 2.18. The first kappa shape index (κ1) is 16.9. The molecule has 0 amide bonds. The number of alkyl halides is 3. The second-order valence-electron chi connectivity index (χ2n) is 4.15. The van der Waals surface area contributed by atoms with Crippen molar-refractivity contribution in [2.75, 3.05) is 13.2 Å². The summed E-state index contributed by atoms with van der Waals surface area (Å²) in [5, 5.41) is -1.16. The molecule has 6 heteroatoms. The van der Waals surface area contributed by atoms with Crippen LogP contribution in [-0.2, 0) is 4.74 Å². The van der Waals surface area contributed by atoms with Crippen LogP contribution in [-0.4, -0.2) is 25.5 Å². The van der Waals surface area contributed by atoms with Crippen LogP contribution in [0.3, 0.4) is 0 Å². The van der Waals surface area contributed by atoms with Gasteiger partial charge in [0.25, 0.3) is 0 Å². The first-order valence-corrected chi connectivity index (χ1v) is 6.49. The van der Waals surface area contributed by atoms with Gasteiger partial charge in [-0.15, -0.1) is 0 Å². The van der Waals surface area contributed by atoms with Crippen molar-refractivity contribution in [3.63, 3.8) is 0 Å². The lowest BCUT2D eigenvalue weighted by Gasteiger charge is -2.14. The van der Waals surface area contributed by atoms with Crippen molar-refractivity contribution < 1.29 is 22.6 Å². The molecule has 0 heterocycles. The van der Waals surface area contributed by atoms with Crippen LogP contribution in [0.5, 0.6) is 5.75 Å². The molecule has 0 saturated heterocycles. The van der Waals surface area contributed by atoms with Gasteiger partial charge in [0.05, 0.1) is 19.3 Å². The standard InChI is InChI=1S/C14H16ClF3O2/c1-11(20-12-5-3-2-4-6-12)7-9-19-10-8-13(15)14(16,17)18/h2-6,8,11H,7,9-10H2,1H3. The van der Waals surface area contributed by atoms with E-state index in [4.69, 9.17) is 21.1 Å². The molecule has 20 heavy (non-hydrogen) atoms. The van der Waals surface area contributed by atoms with Gasteiger partial charge >= 0.3 is 6.18 Å². The van der Waals surface area contributed by atoms with Gasteiger partial charge in [-0.3, -0.25) is 0 Å². The van der Waals surface area contributed by atoms with E-state index in [0.29, 0.717) is 13.0 Å². The summed E-state index contributed by atoms with van der Waals surface area (Å²) in [6.45, 7) is 2.00. The summed E-state index contributed by atoms with van der Waals surface area (Å²) in [7, 11) is 0. The molecule has 2 nitrogen and oxygen atoms in total. The lowest BCUT2D eigenvalue weighted by Crippen LogP contribution is -2.15. The monoisotopic (exact) mass is 308 g/mol. The number of hydrogen-bond acceptors (Lipinski definition) is 2. The number of ether oxygens (including phenoxy) is 2. The van der Waals surface area contributed by atoms with Crippen molar-refractivity contribution >= 4 is 11.6 Å². The highest BCUT2D eigenvalue weighted by Crippen LogP contribution is 2.28. The molecule has 1 rings (SSSR count). The zero-order valence-corrected chi connectivity index (χ0v) is 11.7. The van der Waals surface area contributed by atoms with Crippen molar-refractivity contribution in [2.24, 2.45) is 0 Å². The van der Waals surface area contributed by atoms with Crippen molar-refractivity contribution in [3.8, 4) is 5.75 Å². The van der Waals surface area contributed by atoms with Crippen LogP contribution >= 0.6 is 11.6 Å². The SMILES string of the molecule is CC(CCOCC=C(Cl)C(F)(F)F)Oc1ccccc1. The fourth-order valence-corrected chi connectivity index (χ4v) is 1.43. The predicted molar refractivity (Wildman–Crippen MR) is 72.0 cm³/mol. The third-order valence-electron chi connectivity index (χ3n) is 2.40. The van der Waals surface area contributed by atoms with Gasteiger partial charge in [0.2, 0.25) is 0 Å². The van der Waals surface area contributed by atoms with Gasteiger partial charge in [-0.1, -0.05) is 29.8 Å². The quantitative estimate of drug-likeness (QED) is 0.688. The Hall–Kier alpha value is -1.20. The molecule has 1 aromatic carbocycles.